The third-order valence-electron chi connectivity index (χ3n) is 8.01. The maximum atomic E-state index is 12.1. The van der Waals surface area contributed by atoms with Crippen LogP contribution in [0, 0.1) is 54.3 Å². The van der Waals surface area contributed by atoms with Crippen LogP contribution in [0.4, 0.5) is 0 Å². The Morgan fingerprint density at radius 2 is 0.847 bits per heavy atom. The molecule has 0 atom stereocenters. The molecule has 0 aliphatic heterocycles. The second-order valence-corrected chi connectivity index (χ2v) is 11.9. The van der Waals surface area contributed by atoms with Gasteiger partial charge in [0, 0.05) is 22.3 Å². The van der Waals surface area contributed by atoms with Crippen molar-refractivity contribution < 1.29 is 53.1 Å². The molecule has 5 aromatic rings. The lowest BCUT2D eigenvalue weighted by Crippen LogP contribution is -2.06. The number of ether oxygens (including phenoxy) is 5. The summed E-state index contributed by atoms with van der Waals surface area (Å²) in [5, 5.41) is 19.6. The Labute approximate surface area is 341 Å². The van der Waals surface area contributed by atoms with Gasteiger partial charge in [0.1, 0.15) is 40.5 Å². The SMILES string of the molecule is COC(=O)c1ccc(C#CC#Cc2ccc(C(=O)OC)c(O)c2)cc1O.COC(=O)c1ccc(C#CC#Cc2ccc(C(=O)OC)c(OCc3ccccc3)c2)cc1C. The van der Waals surface area contributed by atoms with Gasteiger partial charge < -0.3 is 33.9 Å². The first kappa shape index (κ1) is 43.3. The first-order valence-electron chi connectivity index (χ1n) is 17.4. The molecule has 0 saturated carbocycles. The van der Waals surface area contributed by atoms with Crippen molar-refractivity contribution in [1.82, 2.24) is 0 Å². The minimum atomic E-state index is -0.642. The van der Waals surface area contributed by atoms with E-state index in [4.69, 9.17) is 14.2 Å². The Hall–Kier alpha value is -8.38. The Balaban J connectivity index is 0.000000268. The normalized spacial score (nSPS) is 9.37. The maximum Gasteiger partial charge on any atom is 0.341 e. The fourth-order valence-corrected chi connectivity index (χ4v) is 5.01. The van der Waals surface area contributed by atoms with Gasteiger partial charge in [-0.2, -0.15) is 0 Å². The standard InChI is InChI=1S/C28H22O5.C20H14O6/c1-20-17-21(13-15-24(20)27(29)31-2)9-7-8-10-22-14-16-25(28(30)32-3)26(18-22)33-19-23-11-5-4-6-12-23;1-25-19(23)15-9-7-13(11-17(15)21)5-3-4-6-14-8-10-16(18(22)12-14)20(24)26-2/h4-6,11-18H,19H2,1-3H3;7-12,21-22H,1-2H3. The third-order valence-corrected chi connectivity index (χ3v) is 8.01. The summed E-state index contributed by atoms with van der Waals surface area (Å²) >= 11 is 0. The van der Waals surface area contributed by atoms with E-state index in [9.17, 15) is 29.4 Å². The fourth-order valence-electron chi connectivity index (χ4n) is 5.01. The van der Waals surface area contributed by atoms with Crippen LogP contribution in [-0.2, 0) is 25.6 Å². The monoisotopic (exact) mass is 788 g/mol. The number of carbonyl (C=O) groups is 4. The van der Waals surface area contributed by atoms with Gasteiger partial charge in [-0.25, -0.2) is 19.2 Å². The lowest BCUT2D eigenvalue weighted by atomic mass is 10.1. The lowest BCUT2D eigenvalue weighted by molar-refractivity contribution is 0.0587. The van der Waals surface area contributed by atoms with Gasteiger partial charge in [-0.15, -0.1) is 0 Å². The van der Waals surface area contributed by atoms with Crippen LogP contribution in [0.5, 0.6) is 17.2 Å². The molecule has 5 aromatic carbocycles. The van der Waals surface area contributed by atoms with Crippen molar-refractivity contribution in [3.8, 4) is 64.6 Å². The second kappa shape index (κ2) is 21.6. The van der Waals surface area contributed by atoms with Crippen molar-refractivity contribution in [2.75, 3.05) is 28.4 Å². The largest absolute Gasteiger partial charge is 0.507 e. The number of phenols is 2. The van der Waals surface area contributed by atoms with Crippen molar-refractivity contribution >= 4 is 23.9 Å². The quantitative estimate of drug-likeness (QED) is 0.104. The van der Waals surface area contributed by atoms with E-state index in [2.05, 4.69) is 56.8 Å². The highest BCUT2D eigenvalue weighted by Crippen LogP contribution is 2.23. The van der Waals surface area contributed by atoms with Gasteiger partial charge in [0.05, 0.1) is 34.0 Å². The lowest BCUT2D eigenvalue weighted by Gasteiger charge is -2.11. The number of methoxy groups -OCH3 is 4. The van der Waals surface area contributed by atoms with Crippen LogP contribution in [0.1, 0.15) is 74.8 Å². The van der Waals surface area contributed by atoms with E-state index in [-0.39, 0.29) is 28.6 Å². The Morgan fingerprint density at radius 3 is 1.27 bits per heavy atom. The summed E-state index contributed by atoms with van der Waals surface area (Å²) in [4.78, 5) is 46.6. The van der Waals surface area contributed by atoms with E-state index >= 15 is 0 Å². The number of hydrogen-bond donors (Lipinski definition) is 2. The van der Waals surface area contributed by atoms with E-state index in [0.29, 0.717) is 40.2 Å². The molecule has 0 amide bonds. The van der Waals surface area contributed by atoms with Crippen molar-refractivity contribution in [2.24, 2.45) is 0 Å². The second-order valence-electron chi connectivity index (χ2n) is 11.9. The first-order chi connectivity index (χ1) is 28.5. The van der Waals surface area contributed by atoms with Gasteiger partial charge in [0.15, 0.2) is 0 Å². The molecule has 0 aliphatic rings. The summed E-state index contributed by atoms with van der Waals surface area (Å²) in [5.74, 6) is 19.9. The van der Waals surface area contributed by atoms with Gasteiger partial charge in [-0.05, 0) is 115 Å². The average molecular weight is 789 g/mol. The molecule has 0 radical (unpaired) electrons. The zero-order chi connectivity index (χ0) is 42.7. The molecule has 59 heavy (non-hydrogen) atoms. The number of aromatic hydroxyl groups is 2. The van der Waals surface area contributed by atoms with Crippen molar-refractivity contribution in [2.45, 2.75) is 13.5 Å². The first-order valence-corrected chi connectivity index (χ1v) is 17.4. The molecule has 0 bridgehead atoms. The Kier molecular flexibility index (Phi) is 15.9. The third kappa shape index (κ3) is 12.6. The summed E-state index contributed by atoms with van der Waals surface area (Å²) in [7, 11) is 5.12. The number of benzene rings is 5. The van der Waals surface area contributed by atoms with Gasteiger partial charge >= 0.3 is 23.9 Å². The molecular formula is C48H36O11. The van der Waals surface area contributed by atoms with Crippen molar-refractivity contribution in [3.63, 3.8) is 0 Å². The molecule has 0 fully saturated rings. The minimum absolute atomic E-state index is 0.0466. The predicted molar refractivity (Wildman–Crippen MR) is 217 cm³/mol. The number of aryl methyl sites for hydroxylation is 1. The smallest absolute Gasteiger partial charge is 0.341 e. The molecule has 2 N–H and O–H groups in total. The van der Waals surface area contributed by atoms with Crippen LogP contribution in [0.15, 0.2) is 103 Å². The van der Waals surface area contributed by atoms with Crippen LogP contribution >= 0.6 is 0 Å². The van der Waals surface area contributed by atoms with E-state index < -0.39 is 17.9 Å². The van der Waals surface area contributed by atoms with E-state index in [1.807, 2.05) is 43.3 Å². The Morgan fingerprint density at radius 1 is 0.475 bits per heavy atom. The molecule has 294 valence electrons. The van der Waals surface area contributed by atoms with E-state index in [0.717, 1.165) is 16.7 Å². The summed E-state index contributed by atoms with van der Waals surface area (Å²) in [6.07, 6.45) is 0. The fraction of sp³-hybridized carbons (Fsp3) is 0.125. The summed E-state index contributed by atoms with van der Waals surface area (Å²) in [6, 6.07) is 28.5. The van der Waals surface area contributed by atoms with Crippen LogP contribution in [0.2, 0.25) is 0 Å². The molecule has 0 aliphatic carbocycles. The number of phenolic OH excluding ortho intramolecular Hbond substituents is 2. The van der Waals surface area contributed by atoms with Gasteiger partial charge in [-0.3, -0.25) is 0 Å². The molecule has 11 heteroatoms. The minimum Gasteiger partial charge on any atom is -0.507 e. The average Bonchev–Trinajstić information content (AvgIpc) is 3.25. The van der Waals surface area contributed by atoms with Gasteiger partial charge in [-0.1, -0.05) is 54.0 Å². The van der Waals surface area contributed by atoms with Crippen molar-refractivity contribution in [1.29, 1.82) is 0 Å². The molecule has 5 rings (SSSR count). The summed E-state index contributed by atoms with van der Waals surface area (Å²) in [5.41, 5.74) is 5.00. The van der Waals surface area contributed by atoms with Crippen molar-refractivity contribution in [3.05, 3.63) is 159 Å². The molecule has 11 nitrogen and oxygen atoms in total. The summed E-state index contributed by atoms with van der Waals surface area (Å²) in [6.45, 7) is 2.13. The Bertz CT molecular complexity index is 2550. The molecule has 0 spiro atoms. The van der Waals surface area contributed by atoms with Gasteiger partial charge in [0.25, 0.3) is 0 Å². The van der Waals surface area contributed by atoms with Gasteiger partial charge in [0.2, 0.25) is 0 Å². The maximum absolute atomic E-state index is 12.1. The van der Waals surface area contributed by atoms with Crippen LogP contribution < -0.4 is 4.74 Å². The zero-order valence-corrected chi connectivity index (χ0v) is 32.6. The molecular weight excluding hydrogens is 753 g/mol. The number of carbonyl (C=O) groups excluding carboxylic acids is 4. The zero-order valence-electron chi connectivity index (χ0n) is 32.6. The summed E-state index contributed by atoms with van der Waals surface area (Å²) < 4.78 is 24.5. The van der Waals surface area contributed by atoms with E-state index in [1.54, 1.807) is 42.5 Å². The van der Waals surface area contributed by atoms with Crippen LogP contribution in [0.25, 0.3) is 0 Å². The van der Waals surface area contributed by atoms with Crippen LogP contribution in [-0.4, -0.2) is 62.5 Å². The highest BCUT2D eigenvalue weighted by atomic mass is 16.5. The van der Waals surface area contributed by atoms with Crippen LogP contribution in [0.3, 0.4) is 0 Å². The topological polar surface area (TPSA) is 155 Å². The molecule has 0 aromatic heterocycles. The molecule has 0 heterocycles. The number of hydrogen-bond acceptors (Lipinski definition) is 11. The highest BCUT2D eigenvalue weighted by molar-refractivity contribution is 5.94. The number of rotatable bonds is 7. The molecule has 0 unspecified atom stereocenters. The van der Waals surface area contributed by atoms with E-state index in [1.165, 1.54) is 52.7 Å². The highest BCUT2D eigenvalue weighted by Gasteiger charge is 2.15. The number of esters is 4. The molecule has 0 saturated heterocycles. The predicted octanol–water partition coefficient (Wildman–Crippen LogP) is 6.62.